The fourth-order valence-corrected chi connectivity index (χ4v) is 2.08. The van der Waals surface area contributed by atoms with E-state index in [-0.39, 0.29) is 12.3 Å². The minimum Gasteiger partial charge on any atom is -0.481 e. The predicted molar refractivity (Wildman–Crippen MR) is 79.2 cm³/mol. The number of benzene rings is 1. The fourth-order valence-electron chi connectivity index (χ4n) is 1.91. The lowest BCUT2D eigenvalue weighted by Crippen LogP contribution is -2.25. The molecule has 5 heteroatoms. The minimum atomic E-state index is -0.755. The third-order valence-corrected chi connectivity index (χ3v) is 3.52. The normalized spacial score (nSPS) is 10.3. The fraction of sp³-hybridized carbons (Fsp3) is 0.467. The molecule has 0 spiro atoms. The second-order valence-electron chi connectivity index (χ2n) is 4.73. The summed E-state index contributed by atoms with van der Waals surface area (Å²) in [7, 11) is 0. The number of halogens is 1. The van der Waals surface area contributed by atoms with Gasteiger partial charge in [0, 0.05) is 23.6 Å². The summed E-state index contributed by atoms with van der Waals surface area (Å²) < 4.78 is 0. The molecule has 4 nitrogen and oxygen atoms in total. The smallest absolute Gasteiger partial charge is 0.303 e. The molecule has 0 aliphatic rings. The molecule has 1 amide bonds. The van der Waals surface area contributed by atoms with Crippen molar-refractivity contribution in [3.05, 3.63) is 34.3 Å². The van der Waals surface area contributed by atoms with E-state index in [4.69, 9.17) is 16.7 Å². The number of unbranched alkanes of at least 4 members (excludes halogenated alkanes) is 3. The Bertz CT molecular complexity index is 474. The first-order chi connectivity index (χ1) is 9.52. The van der Waals surface area contributed by atoms with E-state index in [1.165, 1.54) is 0 Å². The summed E-state index contributed by atoms with van der Waals surface area (Å²) >= 11 is 5.97. The Balaban J connectivity index is 2.24. The Morgan fingerprint density at radius 2 is 1.90 bits per heavy atom. The summed E-state index contributed by atoms with van der Waals surface area (Å²) in [5.41, 5.74) is 1.39. The van der Waals surface area contributed by atoms with E-state index in [2.05, 4.69) is 5.32 Å². The van der Waals surface area contributed by atoms with Gasteiger partial charge in [-0.3, -0.25) is 9.59 Å². The average molecular weight is 298 g/mol. The van der Waals surface area contributed by atoms with E-state index in [0.29, 0.717) is 23.6 Å². The Morgan fingerprint density at radius 3 is 2.60 bits per heavy atom. The molecular weight excluding hydrogens is 278 g/mol. The quantitative estimate of drug-likeness (QED) is 0.723. The molecule has 0 saturated heterocycles. The third kappa shape index (κ3) is 5.61. The Morgan fingerprint density at radius 1 is 1.20 bits per heavy atom. The van der Waals surface area contributed by atoms with E-state index in [1.54, 1.807) is 18.2 Å². The van der Waals surface area contributed by atoms with Crippen molar-refractivity contribution in [3.8, 4) is 0 Å². The van der Waals surface area contributed by atoms with Crippen molar-refractivity contribution in [1.29, 1.82) is 0 Å². The van der Waals surface area contributed by atoms with Crippen molar-refractivity contribution in [1.82, 2.24) is 5.32 Å². The second kappa shape index (κ2) is 8.59. The van der Waals surface area contributed by atoms with Gasteiger partial charge in [0.25, 0.3) is 5.91 Å². The first kappa shape index (κ1) is 16.5. The molecule has 0 aliphatic heterocycles. The molecule has 0 aliphatic carbocycles. The van der Waals surface area contributed by atoms with Crippen molar-refractivity contribution < 1.29 is 14.7 Å². The van der Waals surface area contributed by atoms with E-state index < -0.39 is 5.97 Å². The third-order valence-electron chi connectivity index (χ3n) is 3.12. The topological polar surface area (TPSA) is 66.4 Å². The van der Waals surface area contributed by atoms with Crippen LogP contribution in [0.1, 0.15) is 48.0 Å². The summed E-state index contributed by atoms with van der Waals surface area (Å²) in [6.07, 6.45) is 3.55. The Hall–Kier alpha value is -1.55. The SMILES string of the molecule is Cc1c(Cl)cccc1C(=O)NCCCCCCC(=O)O. The van der Waals surface area contributed by atoms with Crippen LogP contribution in [0.25, 0.3) is 0 Å². The molecule has 1 rings (SSSR count). The molecular formula is C15H20ClNO3. The molecule has 1 aromatic carbocycles. The molecule has 0 heterocycles. The highest BCUT2D eigenvalue weighted by atomic mass is 35.5. The number of hydrogen-bond donors (Lipinski definition) is 2. The maximum atomic E-state index is 11.9. The van der Waals surface area contributed by atoms with Gasteiger partial charge in [-0.15, -0.1) is 0 Å². The number of aliphatic carboxylic acids is 1. The standard InChI is InChI=1S/C15H20ClNO3/c1-11-12(7-6-8-13(11)16)15(20)17-10-5-3-2-4-9-14(18)19/h6-8H,2-5,9-10H2,1H3,(H,17,20)(H,18,19). The van der Waals surface area contributed by atoms with Gasteiger partial charge in [-0.05, 0) is 37.5 Å². The summed E-state index contributed by atoms with van der Waals surface area (Å²) in [6, 6.07) is 5.27. The van der Waals surface area contributed by atoms with Gasteiger partial charge in [0.15, 0.2) is 0 Å². The first-order valence-electron chi connectivity index (χ1n) is 6.77. The van der Waals surface area contributed by atoms with Crippen LogP contribution in [0.3, 0.4) is 0 Å². The molecule has 0 aromatic heterocycles. The predicted octanol–water partition coefficient (Wildman–Crippen LogP) is 3.41. The molecule has 0 saturated carbocycles. The lowest BCUT2D eigenvalue weighted by molar-refractivity contribution is -0.137. The highest BCUT2D eigenvalue weighted by Crippen LogP contribution is 2.18. The van der Waals surface area contributed by atoms with Crippen LogP contribution >= 0.6 is 11.6 Å². The zero-order valence-electron chi connectivity index (χ0n) is 11.6. The maximum Gasteiger partial charge on any atom is 0.303 e. The van der Waals surface area contributed by atoms with Crippen LogP contribution < -0.4 is 5.32 Å². The van der Waals surface area contributed by atoms with Crippen LogP contribution in [-0.2, 0) is 4.79 Å². The van der Waals surface area contributed by atoms with Crippen LogP contribution in [-0.4, -0.2) is 23.5 Å². The van der Waals surface area contributed by atoms with Gasteiger partial charge < -0.3 is 10.4 Å². The van der Waals surface area contributed by atoms with Crippen molar-refractivity contribution in [2.75, 3.05) is 6.54 Å². The van der Waals surface area contributed by atoms with Gasteiger partial charge >= 0.3 is 5.97 Å². The van der Waals surface area contributed by atoms with Crippen LogP contribution in [0.4, 0.5) is 0 Å². The molecule has 0 radical (unpaired) electrons. The van der Waals surface area contributed by atoms with Crippen LogP contribution in [0.2, 0.25) is 5.02 Å². The first-order valence-corrected chi connectivity index (χ1v) is 7.15. The number of rotatable bonds is 8. The van der Waals surface area contributed by atoms with Crippen LogP contribution in [0.15, 0.2) is 18.2 Å². The Kier molecular flexibility index (Phi) is 7.09. The molecule has 110 valence electrons. The number of carboxylic acids is 1. The number of nitrogens with one attached hydrogen (secondary N) is 1. The highest BCUT2D eigenvalue weighted by Gasteiger charge is 2.09. The molecule has 0 unspecified atom stereocenters. The molecule has 1 aromatic rings. The Labute approximate surface area is 124 Å². The summed E-state index contributed by atoms with van der Waals surface area (Å²) in [5.74, 6) is -0.870. The van der Waals surface area contributed by atoms with Gasteiger partial charge in [0.2, 0.25) is 0 Å². The van der Waals surface area contributed by atoms with Gasteiger partial charge in [0.1, 0.15) is 0 Å². The largest absolute Gasteiger partial charge is 0.481 e. The zero-order chi connectivity index (χ0) is 15.0. The maximum absolute atomic E-state index is 11.9. The number of carboxylic acid groups (broad SMARTS) is 1. The van der Waals surface area contributed by atoms with E-state index >= 15 is 0 Å². The monoisotopic (exact) mass is 297 g/mol. The number of carbonyl (C=O) groups excluding carboxylic acids is 1. The summed E-state index contributed by atoms with van der Waals surface area (Å²) in [6.45, 7) is 2.42. The van der Waals surface area contributed by atoms with Crippen molar-refractivity contribution in [2.24, 2.45) is 0 Å². The van der Waals surface area contributed by atoms with Crippen molar-refractivity contribution in [3.63, 3.8) is 0 Å². The second-order valence-corrected chi connectivity index (χ2v) is 5.13. The van der Waals surface area contributed by atoms with Gasteiger partial charge in [-0.1, -0.05) is 30.5 Å². The number of hydrogen-bond acceptors (Lipinski definition) is 2. The number of carbonyl (C=O) groups is 2. The van der Waals surface area contributed by atoms with Gasteiger partial charge in [-0.25, -0.2) is 0 Å². The molecule has 2 N–H and O–H groups in total. The summed E-state index contributed by atoms with van der Waals surface area (Å²) in [4.78, 5) is 22.3. The van der Waals surface area contributed by atoms with Crippen molar-refractivity contribution in [2.45, 2.75) is 39.0 Å². The van der Waals surface area contributed by atoms with Gasteiger partial charge in [-0.2, -0.15) is 0 Å². The zero-order valence-corrected chi connectivity index (χ0v) is 12.4. The minimum absolute atomic E-state index is 0.115. The summed E-state index contributed by atoms with van der Waals surface area (Å²) in [5, 5.41) is 11.9. The van der Waals surface area contributed by atoms with E-state index in [9.17, 15) is 9.59 Å². The number of amides is 1. The van der Waals surface area contributed by atoms with Crippen LogP contribution in [0.5, 0.6) is 0 Å². The molecule has 20 heavy (non-hydrogen) atoms. The van der Waals surface area contributed by atoms with E-state index in [0.717, 1.165) is 24.8 Å². The molecule has 0 atom stereocenters. The molecule has 0 bridgehead atoms. The van der Waals surface area contributed by atoms with Crippen molar-refractivity contribution >= 4 is 23.5 Å². The highest BCUT2D eigenvalue weighted by molar-refractivity contribution is 6.31. The van der Waals surface area contributed by atoms with Crippen LogP contribution in [0, 0.1) is 6.92 Å². The van der Waals surface area contributed by atoms with Gasteiger partial charge in [0.05, 0.1) is 0 Å². The average Bonchev–Trinajstić information content (AvgIpc) is 2.40. The van der Waals surface area contributed by atoms with E-state index in [1.807, 2.05) is 6.92 Å². The molecule has 0 fully saturated rings. The lowest BCUT2D eigenvalue weighted by Gasteiger charge is -2.08. The lowest BCUT2D eigenvalue weighted by atomic mass is 10.1.